The number of nitrogens with one attached hydrogen (secondary N) is 2. The molecule has 0 aliphatic carbocycles. The van der Waals surface area contributed by atoms with Crippen LogP contribution in [0.15, 0.2) is 36.4 Å². The van der Waals surface area contributed by atoms with Crippen molar-refractivity contribution in [1.29, 1.82) is 0 Å². The van der Waals surface area contributed by atoms with E-state index in [9.17, 15) is 9.59 Å². The van der Waals surface area contributed by atoms with Crippen LogP contribution in [-0.2, 0) is 16.0 Å². The molecule has 0 saturated heterocycles. The van der Waals surface area contributed by atoms with Crippen molar-refractivity contribution in [1.82, 2.24) is 10.2 Å². The van der Waals surface area contributed by atoms with Crippen LogP contribution in [0.3, 0.4) is 0 Å². The minimum Gasteiger partial charge on any atom is -0.493 e. The molecule has 0 saturated carbocycles. The molecular weight excluding hydrogens is 378 g/mol. The molecule has 6 nitrogen and oxygen atoms in total. The molecule has 0 spiro atoms. The van der Waals surface area contributed by atoms with Crippen LogP contribution in [0.2, 0.25) is 5.02 Å². The van der Waals surface area contributed by atoms with Gasteiger partial charge < -0.3 is 20.3 Å². The zero-order valence-corrected chi connectivity index (χ0v) is 17.0. The molecule has 148 valence electrons. The second-order valence-electron chi connectivity index (χ2n) is 7.02. The van der Waals surface area contributed by atoms with Gasteiger partial charge in [0.05, 0.1) is 12.6 Å². The van der Waals surface area contributed by atoms with Crippen molar-refractivity contribution in [3.05, 3.63) is 58.1 Å². The second-order valence-corrected chi connectivity index (χ2v) is 7.43. The molecule has 0 bridgehead atoms. The van der Waals surface area contributed by atoms with Gasteiger partial charge in [0.1, 0.15) is 5.75 Å². The van der Waals surface area contributed by atoms with Gasteiger partial charge in [-0.1, -0.05) is 29.8 Å². The maximum absolute atomic E-state index is 12.3. The Labute approximate surface area is 169 Å². The van der Waals surface area contributed by atoms with Gasteiger partial charge >= 0.3 is 11.8 Å². The highest BCUT2D eigenvalue weighted by atomic mass is 35.5. The highest BCUT2D eigenvalue weighted by molar-refractivity contribution is 6.40. The van der Waals surface area contributed by atoms with E-state index in [0.29, 0.717) is 23.9 Å². The van der Waals surface area contributed by atoms with Gasteiger partial charge in [-0.2, -0.15) is 0 Å². The minimum absolute atomic E-state index is 0.0597. The Morgan fingerprint density at radius 2 is 2.00 bits per heavy atom. The van der Waals surface area contributed by atoms with Crippen molar-refractivity contribution in [2.45, 2.75) is 19.4 Å². The molecule has 28 heavy (non-hydrogen) atoms. The van der Waals surface area contributed by atoms with Crippen LogP contribution in [0.5, 0.6) is 5.75 Å². The number of halogens is 1. The molecule has 0 fully saturated rings. The van der Waals surface area contributed by atoms with Gasteiger partial charge in [0.2, 0.25) is 0 Å². The van der Waals surface area contributed by atoms with Gasteiger partial charge in [-0.05, 0) is 55.9 Å². The average molecular weight is 402 g/mol. The lowest BCUT2D eigenvalue weighted by Gasteiger charge is -2.25. The van der Waals surface area contributed by atoms with Crippen LogP contribution in [0, 0.1) is 6.92 Å². The van der Waals surface area contributed by atoms with Crippen molar-refractivity contribution >= 4 is 29.1 Å². The van der Waals surface area contributed by atoms with Gasteiger partial charge in [-0.15, -0.1) is 0 Å². The molecule has 7 heteroatoms. The third kappa shape index (κ3) is 4.46. The Kier molecular flexibility index (Phi) is 6.21. The number of hydrogen-bond donors (Lipinski definition) is 2. The van der Waals surface area contributed by atoms with E-state index in [4.69, 9.17) is 16.3 Å². The first kappa shape index (κ1) is 20.2. The molecule has 0 aromatic heterocycles. The van der Waals surface area contributed by atoms with Crippen LogP contribution >= 0.6 is 11.6 Å². The largest absolute Gasteiger partial charge is 0.493 e. The summed E-state index contributed by atoms with van der Waals surface area (Å²) in [7, 11) is 3.88. The fourth-order valence-corrected chi connectivity index (χ4v) is 3.38. The average Bonchev–Trinajstić information content (AvgIpc) is 3.13. The summed E-state index contributed by atoms with van der Waals surface area (Å²) in [4.78, 5) is 26.6. The Morgan fingerprint density at radius 3 is 2.75 bits per heavy atom. The van der Waals surface area contributed by atoms with E-state index in [1.165, 1.54) is 5.56 Å². The molecule has 1 heterocycles. The first-order valence-electron chi connectivity index (χ1n) is 9.13. The van der Waals surface area contributed by atoms with E-state index >= 15 is 0 Å². The van der Waals surface area contributed by atoms with E-state index in [1.54, 1.807) is 25.1 Å². The summed E-state index contributed by atoms with van der Waals surface area (Å²) in [5.41, 5.74) is 3.48. The number of carbonyl (C=O) groups excluding carboxylic acids is 2. The van der Waals surface area contributed by atoms with Crippen LogP contribution in [0.1, 0.15) is 22.7 Å². The van der Waals surface area contributed by atoms with E-state index in [0.717, 1.165) is 23.3 Å². The topological polar surface area (TPSA) is 70.7 Å². The Balaban J connectivity index is 1.64. The third-order valence-electron chi connectivity index (χ3n) is 4.90. The maximum Gasteiger partial charge on any atom is 0.313 e. The van der Waals surface area contributed by atoms with E-state index in [-0.39, 0.29) is 6.04 Å². The van der Waals surface area contributed by atoms with Crippen molar-refractivity contribution < 1.29 is 14.3 Å². The van der Waals surface area contributed by atoms with E-state index in [2.05, 4.69) is 16.7 Å². The van der Waals surface area contributed by atoms with Gasteiger partial charge in [0.25, 0.3) is 0 Å². The standard InChI is InChI=1S/C21H24ClN3O3/c1-13-16(22)5-4-6-17(13)24-21(27)20(26)23-12-18(25(2)3)14-7-8-19-15(11-14)9-10-28-19/h4-8,11,18H,9-10,12H2,1-3H3,(H,23,26)(H,24,27)/t18-/m1/s1. The summed E-state index contributed by atoms with van der Waals surface area (Å²) in [5.74, 6) is -0.484. The first-order valence-corrected chi connectivity index (χ1v) is 9.51. The number of ether oxygens (including phenoxy) is 1. The quantitative estimate of drug-likeness (QED) is 0.756. The monoisotopic (exact) mass is 401 g/mol. The first-order chi connectivity index (χ1) is 13.4. The van der Waals surface area contributed by atoms with Crippen molar-refractivity contribution in [3.63, 3.8) is 0 Å². The molecule has 0 radical (unpaired) electrons. The molecule has 1 aliphatic rings. The number of nitrogens with zero attached hydrogens (tertiary/aromatic N) is 1. The molecule has 2 aromatic carbocycles. The minimum atomic E-state index is -0.717. The maximum atomic E-state index is 12.3. The second kappa shape index (κ2) is 8.63. The number of anilines is 1. The van der Waals surface area contributed by atoms with Gasteiger partial charge in [-0.25, -0.2) is 0 Å². The van der Waals surface area contributed by atoms with Gasteiger partial charge in [0, 0.05) is 23.7 Å². The molecule has 2 aromatic rings. The molecule has 1 aliphatic heterocycles. The predicted octanol–water partition coefficient (Wildman–Crippen LogP) is 2.94. The number of likely N-dealkylation sites (N-methyl/N-ethyl adjacent to an activating group) is 1. The number of benzene rings is 2. The molecule has 1 atom stereocenters. The highest BCUT2D eigenvalue weighted by Gasteiger charge is 2.21. The number of carbonyl (C=O) groups is 2. The fraction of sp³-hybridized carbons (Fsp3) is 0.333. The fourth-order valence-electron chi connectivity index (χ4n) is 3.20. The molecular formula is C21H24ClN3O3. The van der Waals surface area contributed by atoms with Crippen LogP contribution in [0.25, 0.3) is 0 Å². The lowest BCUT2D eigenvalue weighted by atomic mass is 10.0. The molecule has 2 amide bonds. The Bertz CT molecular complexity index is 898. The normalized spacial score (nSPS) is 13.6. The van der Waals surface area contributed by atoms with Crippen molar-refractivity contribution in [2.24, 2.45) is 0 Å². The smallest absolute Gasteiger partial charge is 0.313 e. The number of amides is 2. The zero-order valence-electron chi connectivity index (χ0n) is 16.2. The summed E-state index contributed by atoms with van der Waals surface area (Å²) in [6, 6.07) is 11.2. The third-order valence-corrected chi connectivity index (χ3v) is 5.31. The summed E-state index contributed by atoms with van der Waals surface area (Å²) in [6.45, 7) is 2.80. The summed E-state index contributed by atoms with van der Waals surface area (Å²) >= 11 is 6.06. The summed E-state index contributed by atoms with van der Waals surface area (Å²) in [5, 5.41) is 5.87. The number of hydrogen-bond acceptors (Lipinski definition) is 4. The predicted molar refractivity (Wildman–Crippen MR) is 110 cm³/mol. The SMILES string of the molecule is Cc1c(Cl)cccc1NC(=O)C(=O)NC[C@H](c1ccc2c(c1)CCO2)N(C)C. The van der Waals surface area contributed by atoms with Crippen molar-refractivity contribution in [3.8, 4) is 5.75 Å². The van der Waals surface area contributed by atoms with E-state index < -0.39 is 11.8 Å². The van der Waals surface area contributed by atoms with Gasteiger partial charge in [0.15, 0.2) is 0 Å². The van der Waals surface area contributed by atoms with E-state index in [1.807, 2.05) is 31.1 Å². The highest BCUT2D eigenvalue weighted by Crippen LogP contribution is 2.29. The Hall–Kier alpha value is -2.57. The van der Waals surface area contributed by atoms with Crippen LogP contribution < -0.4 is 15.4 Å². The number of rotatable bonds is 5. The van der Waals surface area contributed by atoms with Crippen LogP contribution in [0.4, 0.5) is 5.69 Å². The van der Waals surface area contributed by atoms with Crippen LogP contribution in [-0.4, -0.2) is 44.0 Å². The lowest BCUT2D eigenvalue weighted by Crippen LogP contribution is -2.40. The Morgan fingerprint density at radius 1 is 1.21 bits per heavy atom. The summed E-state index contributed by atoms with van der Waals surface area (Å²) in [6.07, 6.45) is 0.886. The number of fused-ring (bicyclic) bond motifs is 1. The van der Waals surface area contributed by atoms with Crippen molar-refractivity contribution in [2.75, 3.05) is 32.6 Å². The molecule has 2 N–H and O–H groups in total. The lowest BCUT2D eigenvalue weighted by molar-refractivity contribution is -0.136. The zero-order chi connectivity index (χ0) is 20.3. The van der Waals surface area contributed by atoms with Gasteiger partial charge in [-0.3, -0.25) is 9.59 Å². The summed E-state index contributed by atoms with van der Waals surface area (Å²) < 4.78 is 5.55. The molecule has 0 unspecified atom stereocenters. The molecule has 3 rings (SSSR count).